The van der Waals surface area contributed by atoms with Crippen LogP contribution in [0.15, 0.2) is 0 Å². The molecule has 0 spiro atoms. The standard InChI is InChI=1S/C13H21NO4/c1-8(2)4-3-5-10(13(17)18)9-6-7-11(15)14-12(9)16/h8-10H,3-7H2,1-2H3,(H,17,18)(H,14,15,16). The third-order valence-electron chi connectivity index (χ3n) is 3.38. The first kappa shape index (κ1) is 14.7. The van der Waals surface area contributed by atoms with Crippen LogP contribution >= 0.6 is 0 Å². The Balaban J connectivity index is 2.58. The Bertz CT molecular complexity index is 338. The van der Waals surface area contributed by atoms with Crippen LogP contribution in [0.5, 0.6) is 0 Å². The highest BCUT2D eigenvalue weighted by Gasteiger charge is 2.36. The second kappa shape index (κ2) is 6.52. The molecule has 2 N–H and O–H groups in total. The van der Waals surface area contributed by atoms with E-state index >= 15 is 0 Å². The summed E-state index contributed by atoms with van der Waals surface area (Å²) in [5, 5.41) is 11.4. The van der Waals surface area contributed by atoms with Gasteiger partial charge in [0.25, 0.3) is 0 Å². The van der Waals surface area contributed by atoms with Gasteiger partial charge < -0.3 is 5.11 Å². The van der Waals surface area contributed by atoms with Crippen LogP contribution < -0.4 is 5.32 Å². The zero-order valence-electron chi connectivity index (χ0n) is 10.9. The minimum atomic E-state index is -0.937. The lowest BCUT2D eigenvalue weighted by Crippen LogP contribution is -2.45. The highest BCUT2D eigenvalue weighted by Crippen LogP contribution is 2.27. The summed E-state index contributed by atoms with van der Waals surface area (Å²) < 4.78 is 0. The fourth-order valence-corrected chi connectivity index (χ4v) is 2.34. The molecule has 1 aliphatic heterocycles. The van der Waals surface area contributed by atoms with E-state index in [0.717, 1.165) is 12.8 Å². The summed E-state index contributed by atoms with van der Waals surface area (Å²) in [5.74, 6) is -2.37. The van der Waals surface area contributed by atoms with Crippen LogP contribution in [0.1, 0.15) is 46.0 Å². The van der Waals surface area contributed by atoms with Crippen molar-refractivity contribution in [3.05, 3.63) is 0 Å². The van der Waals surface area contributed by atoms with Gasteiger partial charge >= 0.3 is 5.97 Å². The lowest BCUT2D eigenvalue weighted by molar-refractivity contribution is -0.150. The third kappa shape index (κ3) is 4.13. The molecule has 0 bridgehead atoms. The normalized spacial score (nSPS) is 21.8. The lowest BCUT2D eigenvalue weighted by atomic mass is 9.82. The first-order chi connectivity index (χ1) is 8.41. The van der Waals surface area contributed by atoms with E-state index in [2.05, 4.69) is 19.2 Å². The summed E-state index contributed by atoms with van der Waals surface area (Å²) in [6.45, 7) is 4.17. The predicted molar refractivity (Wildman–Crippen MR) is 65.7 cm³/mol. The third-order valence-corrected chi connectivity index (χ3v) is 3.38. The van der Waals surface area contributed by atoms with Crippen molar-refractivity contribution < 1.29 is 19.5 Å². The van der Waals surface area contributed by atoms with Crippen LogP contribution in [-0.2, 0) is 14.4 Å². The summed E-state index contributed by atoms with van der Waals surface area (Å²) in [4.78, 5) is 33.9. The van der Waals surface area contributed by atoms with Gasteiger partial charge in [-0.2, -0.15) is 0 Å². The molecule has 0 aromatic heterocycles. The van der Waals surface area contributed by atoms with Gasteiger partial charge in [0.1, 0.15) is 0 Å². The van der Waals surface area contributed by atoms with Crippen LogP contribution in [0.3, 0.4) is 0 Å². The maximum atomic E-state index is 11.7. The molecular formula is C13H21NO4. The first-order valence-electron chi connectivity index (χ1n) is 6.48. The number of rotatable bonds is 6. The number of hydrogen-bond acceptors (Lipinski definition) is 3. The van der Waals surface area contributed by atoms with Crippen LogP contribution in [0.2, 0.25) is 0 Å². The number of carboxylic acids is 1. The average molecular weight is 255 g/mol. The van der Waals surface area contributed by atoms with Gasteiger partial charge in [0.05, 0.1) is 11.8 Å². The smallest absolute Gasteiger partial charge is 0.307 e. The average Bonchev–Trinajstić information content (AvgIpc) is 2.25. The molecule has 2 atom stereocenters. The Morgan fingerprint density at radius 2 is 2.06 bits per heavy atom. The maximum absolute atomic E-state index is 11.7. The van der Waals surface area contributed by atoms with Crippen molar-refractivity contribution in [2.75, 3.05) is 0 Å². The van der Waals surface area contributed by atoms with Crippen molar-refractivity contribution in [1.29, 1.82) is 0 Å². The fourth-order valence-electron chi connectivity index (χ4n) is 2.34. The molecule has 1 aliphatic rings. The zero-order chi connectivity index (χ0) is 13.7. The van der Waals surface area contributed by atoms with Crippen molar-refractivity contribution in [1.82, 2.24) is 5.32 Å². The minimum absolute atomic E-state index is 0.240. The van der Waals surface area contributed by atoms with E-state index < -0.39 is 23.7 Å². The number of carbonyl (C=O) groups is 3. The van der Waals surface area contributed by atoms with Gasteiger partial charge in [0, 0.05) is 6.42 Å². The molecule has 2 unspecified atom stereocenters. The Kier molecular flexibility index (Phi) is 5.31. The Morgan fingerprint density at radius 3 is 2.56 bits per heavy atom. The molecule has 0 saturated carbocycles. The molecule has 1 rings (SSSR count). The van der Waals surface area contributed by atoms with Gasteiger partial charge in [-0.15, -0.1) is 0 Å². The van der Waals surface area contributed by atoms with Crippen molar-refractivity contribution in [3.8, 4) is 0 Å². The SMILES string of the molecule is CC(C)CCCC(C(=O)O)C1CCC(=O)NC1=O. The van der Waals surface area contributed by atoms with Crippen molar-refractivity contribution in [2.45, 2.75) is 46.0 Å². The molecule has 1 fully saturated rings. The zero-order valence-corrected chi connectivity index (χ0v) is 10.9. The summed E-state index contributed by atoms with van der Waals surface area (Å²) in [6, 6.07) is 0. The van der Waals surface area contributed by atoms with Crippen LogP contribution in [0.25, 0.3) is 0 Å². The topological polar surface area (TPSA) is 83.5 Å². The van der Waals surface area contributed by atoms with Crippen molar-refractivity contribution >= 4 is 17.8 Å². The second-order valence-corrected chi connectivity index (χ2v) is 5.33. The van der Waals surface area contributed by atoms with Gasteiger partial charge in [-0.25, -0.2) is 0 Å². The molecule has 0 radical (unpaired) electrons. The minimum Gasteiger partial charge on any atom is -0.481 e. The monoisotopic (exact) mass is 255 g/mol. The number of hydrogen-bond donors (Lipinski definition) is 2. The number of carboxylic acid groups (broad SMARTS) is 1. The van der Waals surface area contributed by atoms with Crippen LogP contribution in [0.4, 0.5) is 0 Å². The van der Waals surface area contributed by atoms with E-state index in [4.69, 9.17) is 0 Å². The van der Waals surface area contributed by atoms with Gasteiger partial charge in [-0.3, -0.25) is 19.7 Å². The number of amides is 2. The molecule has 1 heterocycles. The molecule has 5 nitrogen and oxygen atoms in total. The number of imide groups is 1. The number of carbonyl (C=O) groups excluding carboxylic acids is 2. The maximum Gasteiger partial charge on any atom is 0.307 e. The van der Waals surface area contributed by atoms with E-state index in [-0.39, 0.29) is 12.3 Å². The van der Waals surface area contributed by atoms with E-state index in [9.17, 15) is 19.5 Å². The summed E-state index contributed by atoms with van der Waals surface area (Å²) >= 11 is 0. The highest BCUT2D eigenvalue weighted by molar-refractivity contribution is 6.00. The molecule has 0 aliphatic carbocycles. The molecule has 102 valence electrons. The van der Waals surface area contributed by atoms with E-state index in [0.29, 0.717) is 18.8 Å². The van der Waals surface area contributed by atoms with E-state index in [1.54, 1.807) is 0 Å². The van der Waals surface area contributed by atoms with Gasteiger partial charge in [0.15, 0.2) is 0 Å². The Hall–Kier alpha value is -1.39. The molecule has 18 heavy (non-hydrogen) atoms. The number of aliphatic carboxylic acids is 1. The molecule has 1 saturated heterocycles. The van der Waals surface area contributed by atoms with Crippen molar-refractivity contribution in [3.63, 3.8) is 0 Å². The van der Waals surface area contributed by atoms with Gasteiger partial charge in [-0.05, 0) is 18.8 Å². The van der Waals surface area contributed by atoms with Gasteiger partial charge in [-0.1, -0.05) is 26.7 Å². The summed E-state index contributed by atoms with van der Waals surface area (Å²) in [7, 11) is 0. The molecule has 5 heteroatoms. The van der Waals surface area contributed by atoms with Crippen LogP contribution in [-0.4, -0.2) is 22.9 Å². The van der Waals surface area contributed by atoms with Gasteiger partial charge in [0.2, 0.25) is 11.8 Å². The highest BCUT2D eigenvalue weighted by atomic mass is 16.4. The number of piperidine rings is 1. The predicted octanol–water partition coefficient (Wildman–Crippen LogP) is 1.57. The summed E-state index contributed by atoms with van der Waals surface area (Å²) in [6.07, 6.45) is 2.84. The Labute approximate surface area is 107 Å². The van der Waals surface area contributed by atoms with E-state index in [1.807, 2.05) is 0 Å². The first-order valence-corrected chi connectivity index (χ1v) is 6.48. The lowest BCUT2D eigenvalue weighted by Gasteiger charge is -2.26. The second-order valence-electron chi connectivity index (χ2n) is 5.33. The molecule has 0 aromatic rings. The largest absolute Gasteiger partial charge is 0.481 e. The van der Waals surface area contributed by atoms with Crippen molar-refractivity contribution in [2.24, 2.45) is 17.8 Å². The number of nitrogens with one attached hydrogen (secondary N) is 1. The molecular weight excluding hydrogens is 234 g/mol. The quantitative estimate of drug-likeness (QED) is 0.706. The molecule has 2 amide bonds. The van der Waals surface area contributed by atoms with Crippen LogP contribution in [0, 0.1) is 17.8 Å². The fraction of sp³-hybridized carbons (Fsp3) is 0.769. The molecule has 0 aromatic carbocycles. The Morgan fingerprint density at radius 1 is 1.39 bits per heavy atom. The summed E-state index contributed by atoms with van der Waals surface area (Å²) in [5.41, 5.74) is 0. The van der Waals surface area contributed by atoms with E-state index in [1.165, 1.54) is 0 Å².